The Morgan fingerprint density at radius 1 is 1.31 bits per heavy atom. The van der Waals surface area contributed by atoms with Crippen LogP contribution in [0.25, 0.3) is 0 Å². The van der Waals surface area contributed by atoms with Gasteiger partial charge in [-0.25, -0.2) is 8.78 Å². The van der Waals surface area contributed by atoms with Gasteiger partial charge in [-0.05, 0) is 6.42 Å². The molecule has 68 valence electrons. The zero-order valence-corrected chi connectivity index (χ0v) is 6.60. The fraction of sp³-hybridized carbons (Fsp3) is 0.222. The second kappa shape index (κ2) is 2.52. The second-order valence-electron chi connectivity index (χ2n) is 2.97. The van der Waals surface area contributed by atoms with E-state index in [1.807, 2.05) is 0 Å². The summed E-state index contributed by atoms with van der Waals surface area (Å²) in [6.45, 7) is 0. The first-order valence-corrected chi connectivity index (χ1v) is 3.84. The van der Waals surface area contributed by atoms with E-state index in [0.717, 1.165) is 0 Å². The number of phenols is 1. The average Bonchev–Trinajstić information content (AvgIpc) is 2.44. The summed E-state index contributed by atoms with van der Waals surface area (Å²) in [5.41, 5.74) is -0.196. The van der Waals surface area contributed by atoms with Gasteiger partial charge < -0.3 is 5.11 Å². The molecule has 0 spiro atoms. The van der Waals surface area contributed by atoms with Gasteiger partial charge in [0.1, 0.15) is 5.82 Å². The lowest BCUT2D eigenvalue weighted by atomic mass is 10.1. The Bertz CT molecular complexity index is 399. The first-order valence-electron chi connectivity index (χ1n) is 3.84. The maximum Gasteiger partial charge on any atom is 0.168 e. The third kappa shape index (κ3) is 1.02. The van der Waals surface area contributed by atoms with Crippen molar-refractivity contribution in [1.29, 1.82) is 0 Å². The molecule has 0 saturated heterocycles. The van der Waals surface area contributed by atoms with E-state index >= 15 is 0 Å². The molecule has 0 saturated carbocycles. The monoisotopic (exact) mass is 184 g/mol. The van der Waals surface area contributed by atoms with Crippen molar-refractivity contribution in [3.63, 3.8) is 0 Å². The van der Waals surface area contributed by atoms with Crippen LogP contribution in [-0.2, 0) is 6.42 Å². The molecule has 0 aliphatic heterocycles. The molecule has 1 aliphatic rings. The minimum Gasteiger partial charge on any atom is -0.505 e. The Morgan fingerprint density at radius 3 is 2.69 bits per heavy atom. The zero-order valence-electron chi connectivity index (χ0n) is 6.60. The van der Waals surface area contributed by atoms with Crippen LogP contribution in [0.15, 0.2) is 6.07 Å². The van der Waals surface area contributed by atoms with E-state index in [0.29, 0.717) is 6.07 Å². The number of hydrogen-bond donors (Lipinski definition) is 1. The molecular formula is C9H6F2O2. The van der Waals surface area contributed by atoms with Crippen LogP contribution >= 0.6 is 0 Å². The highest BCUT2D eigenvalue weighted by atomic mass is 19.1. The van der Waals surface area contributed by atoms with Crippen LogP contribution in [0.3, 0.4) is 0 Å². The average molecular weight is 184 g/mol. The van der Waals surface area contributed by atoms with Crippen molar-refractivity contribution in [2.75, 3.05) is 0 Å². The van der Waals surface area contributed by atoms with E-state index < -0.39 is 23.2 Å². The van der Waals surface area contributed by atoms with Crippen molar-refractivity contribution in [3.05, 3.63) is 28.8 Å². The summed E-state index contributed by atoms with van der Waals surface area (Å²) in [7, 11) is 0. The quantitative estimate of drug-likeness (QED) is 0.667. The zero-order chi connectivity index (χ0) is 9.59. The summed E-state index contributed by atoms with van der Waals surface area (Å²) in [6.07, 6.45) is 0.290. The first kappa shape index (κ1) is 8.16. The SMILES string of the molecule is O=C1CCc2c(F)c(O)cc(F)c21. The Kier molecular flexibility index (Phi) is 1.58. The molecule has 1 aromatic carbocycles. The fourth-order valence-electron chi connectivity index (χ4n) is 1.56. The number of benzene rings is 1. The van der Waals surface area contributed by atoms with E-state index in [1.54, 1.807) is 0 Å². The Balaban J connectivity index is 2.76. The number of halogens is 2. The molecular weight excluding hydrogens is 178 g/mol. The highest BCUT2D eigenvalue weighted by Gasteiger charge is 2.28. The molecule has 0 unspecified atom stereocenters. The highest BCUT2D eigenvalue weighted by molar-refractivity contribution is 6.00. The molecule has 1 aliphatic carbocycles. The molecule has 0 aromatic heterocycles. The number of aromatic hydroxyl groups is 1. The van der Waals surface area contributed by atoms with Crippen molar-refractivity contribution < 1.29 is 18.7 Å². The number of phenolic OH excluding ortho intramolecular Hbond substituents is 1. The number of Topliss-reactive ketones (excluding diaryl/α,β-unsaturated/α-hetero) is 1. The van der Waals surface area contributed by atoms with Gasteiger partial charge in [-0.1, -0.05) is 0 Å². The van der Waals surface area contributed by atoms with Crippen LogP contribution in [0.2, 0.25) is 0 Å². The third-order valence-electron chi connectivity index (χ3n) is 2.17. The van der Waals surface area contributed by atoms with E-state index in [2.05, 4.69) is 0 Å². The minimum absolute atomic E-state index is 0.00231. The summed E-state index contributed by atoms with van der Waals surface area (Å²) in [4.78, 5) is 11.1. The molecule has 0 atom stereocenters. The van der Waals surface area contributed by atoms with Gasteiger partial charge >= 0.3 is 0 Å². The predicted molar refractivity (Wildman–Crippen MR) is 40.7 cm³/mol. The van der Waals surface area contributed by atoms with Crippen LogP contribution < -0.4 is 0 Å². The molecule has 2 rings (SSSR count). The van der Waals surface area contributed by atoms with Crippen LogP contribution in [0.4, 0.5) is 8.78 Å². The fourth-order valence-corrected chi connectivity index (χ4v) is 1.56. The van der Waals surface area contributed by atoms with Crippen molar-refractivity contribution in [1.82, 2.24) is 0 Å². The molecule has 1 N–H and O–H groups in total. The molecule has 2 nitrogen and oxygen atoms in total. The summed E-state index contributed by atoms with van der Waals surface area (Å²) in [5, 5.41) is 8.92. The Hall–Kier alpha value is -1.45. The van der Waals surface area contributed by atoms with Gasteiger partial charge in [-0.2, -0.15) is 0 Å². The predicted octanol–water partition coefficient (Wildman–Crippen LogP) is 1.80. The molecule has 13 heavy (non-hydrogen) atoms. The van der Waals surface area contributed by atoms with Crippen LogP contribution in [0, 0.1) is 11.6 Å². The van der Waals surface area contributed by atoms with E-state index in [-0.39, 0.29) is 24.0 Å². The van der Waals surface area contributed by atoms with Gasteiger partial charge in [0.05, 0.1) is 5.56 Å². The molecule has 4 heteroatoms. The van der Waals surface area contributed by atoms with Gasteiger partial charge in [0.15, 0.2) is 17.3 Å². The molecule has 1 aromatic rings. The molecule has 0 fully saturated rings. The summed E-state index contributed by atoms with van der Waals surface area (Å²) in [5.74, 6) is -2.84. The number of fused-ring (bicyclic) bond motifs is 1. The lowest BCUT2D eigenvalue weighted by Gasteiger charge is -2.02. The number of ketones is 1. The normalized spacial score (nSPS) is 14.8. The number of hydrogen-bond acceptors (Lipinski definition) is 2. The summed E-state index contributed by atoms with van der Waals surface area (Å²) >= 11 is 0. The van der Waals surface area contributed by atoms with Gasteiger partial charge in [0.25, 0.3) is 0 Å². The van der Waals surface area contributed by atoms with Gasteiger partial charge in [0.2, 0.25) is 0 Å². The first-order chi connectivity index (χ1) is 6.11. The smallest absolute Gasteiger partial charge is 0.168 e. The maximum absolute atomic E-state index is 13.1. The van der Waals surface area contributed by atoms with Gasteiger partial charge in [-0.15, -0.1) is 0 Å². The summed E-state index contributed by atoms with van der Waals surface area (Å²) < 4.78 is 26.1. The van der Waals surface area contributed by atoms with E-state index in [1.165, 1.54) is 0 Å². The third-order valence-corrected chi connectivity index (χ3v) is 2.17. The molecule has 0 heterocycles. The molecule has 0 amide bonds. The van der Waals surface area contributed by atoms with Crippen molar-refractivity contribution >= 4 is 5.78 Å². The van der Waals surface area contributed by atoms with Crippen molar-refractivity contribution in [2.45, 2.75) is 12.8 Å². The van der Waals surface area contributed by atoms with E-state index in [4.69, 9.17) is 5.11 Å². The maximum atomic E-state index is 13.1. The largest absolute Gasteiger partial charge is 0.505 e. The standard InChI is InChI=1S/C9H6F2O2/c10-5-3-7(13)9(11)4-1-2-6(12)8(4)5/h3,13H,1-2H2. The van der Waals surface area contributed by atoms with Crippen LogP contribution in [-0.4, -0.2) is 10.9 Å². The Morgan fingerprint density at radius 2 is 2.00 bits per heavy atom. The van der Waals surface area contributed by atoms with Crippen LogP contribution in [0.1, 0.15) is 22.3 Å². The van der Waals surface area contributed by atoms with Gasteiger partial charge in [-0.3, -0.25) is 4.79 Å². The highest BCUT2D eigenvalue weighted by Crippen LogP contribution is 2.31. The minimum atomic E-state index is -0.873. The summed E-state index contributed by atoms with van der Waals surface area (Å²) in [6, 6.07) is 0.636. The van der Waals surface area contributed by atoms with Crippen molar-refractivity contribution in [2.24, 2.45) is 0 Å². The number of carbonyl (C=O) groups is 1. The topological polar surface area (TPSA) is 37.3 Å². The second-order valence-corrected chi connectivity index (χ2v) is 2.97. The molecule has 0 radical (unpaired) electrons. The van der Waals surface area contributed by atoms with Gasteiger partial charge in [0, 0.05) is 18.1 Å². The Labute approximate surface area is 72.8 Å². The lowest BCUT2D eigenvalue weighted by Crippen LogP contribution is -1.98. The molecule has 0 bridgehead atoms. The number of carbonyl (C=O) groups excluding carboxylic acids is 1. The number of rotatable bonds is 0. The van der Waals surface area contributed by atoms with E-state index in [9.17, 15) is 13.6 Å². The van der Waals surface area contributed by atoms with Crippen molar-refractivity contribution in [3.8, 4) is 5.75 Å². The lowest BCUT2D eigenvalue weighted by molar-refractivity contribution is 0.0991. The van der Waals surface area contributed by atoms with Crippen LogP contribution in [0.5, 0.6) is 5.75 Å².